The number of benzene rings is 1. The summed E-state index contributed by atoms with van der Waals surface area (Å²) in [6, 6.07) is 2.84. The highest BCUT2D eigenvalue weighted by atomic mass is 16.4. The standard InChI is InChI=1S/C38H56N6O9/c1-22(2)27(21-23(3)33(49)41-26(36(52)53)15-16-28(46)40-19-20-44-29(47)17-18-30(44)48)43(10)35(51)32(37(4,5)6)42-34(50)31(39-9)38(7,8)24-11-13-25(45)14-12-24/h11-14,17-18,21-22,26-27,31-32,39,45H,15-16,19-20H2,1-10H3,(H,40,46)(H,41,49)(H,42,50)(H,52,53)/b23-21+/t26-,27-,31?,32-/m1/s1. The van der Waals surface area contributed by atoms with Gasteiger partial charge in [0, 0.05) is 49.7 Å². The number of hydrogen-bond acceptors (Lipinski definition) is 9. The van der Waals surface area contributed by atoms with E-state index in [2.05, 4.69) is 21.3 Å². The molecular formula is C38H56N6O9. The maximum Gasteiger partial charge on any atom is 0.326 e. The number of aromatic hydroxyl groups is 1. The lowest BCUT2D eigenvalue weighted by atomic mass is 9.76. The summed E-state index contributed by atoms with van der Waals surface area (Å²) in [4.78, 5) is 91.3. The molecule has 15 nitrogen and oxygen atoms in total. The minimum absolute atomic E-state index is 0.0135. The molecule has 0 radical (unpaired) electrons. The molecular weight excluding hydrogens is 684 g/mol. The number of phenolic OH excluding ortho intramolecular Hbond substituents is 1. The topological polar surface area (TPSA) is 215 Å². The Morgan fingerprint density at radius 1 is 0.925 bits per heavy atom. The molecule has 15 heteroatoms. The lowest BCUT2D eigenvalue weighted by Crippen LogP contribution is -2.61. The van der Waals surface area contributed by atoms with Gasteiger partial charge in [-0.1, -0.05) is 66.7 Å². The number of carbonyl (C=O) groups is 7. The zero-order chi connectivity index (χ0) is 40.4. The summed E-state index contributed by atoms with van der Waals surface area (Å²) < 4.78 is 0. The van der Waals surface area contributed by atoms with Crippen molar-refractivity contribution >= 4 is 41.4 Å². The van der Waals surface area contributed by atoms with E-state index in [0.717, 1.165) is 22.6 Å². The molecule has 292 valence electrons. The molecule has 0 fully saturated rings. The molecule has 53 heavy (non-hydrogen) atoms. The highest BCUT2D eigenvalue weighted by Crippen LogP contribution is 2.30. The lowest BCUT2D eigenvalue weighted by Gasteiger charge is -2.40. The Labute approximate surface area is 311 Å². The highest BCUT2D eigenvalue weighted by molar-refractivity contribution is 6.12. The Kier molecular flexibility index (Phi) is 15.5. The van der Waals surface area contributed by atoms with Crippen LogP contribution in [0.2, 0.25) is 0 Å². The average molecular weight is 741 g/mol. The van der Waals surface area contributed by atoms with Crippen LogP contribution in [0, 0.1) is 11.3 Å². The van der Waals surface area contributed by atoms with Crippen molar-refractivity contribution in [2.75, 3.05) is 27.2 Å². The van der Waals surface area contributed by atoms with E-state index in [1.54, 1.807) is 44.4 Å². The monoisotopic (exact) mass is 740 g/mol. The van der Waals surface area contributed by atoms with Gasteiger partial charge in [-0.25, -0.2) is 4.79 Å². The maximum absolute atomic E-state index is 14.2. The number of phenols is 1. The predicted octanol–water partition coefficient (Wildman–Crippen LogP) is 1.61. The lowest BCUT2D eigenvalue weighted by molar-refractivity contribution is -0.142. The molecule has 0 aliphatic carbocycles. The zero-order valence-corrected chi connectivity index (χ0v) is 32.4. The maximum atomic E-state index is 14.2. The first kappa shape index (κ1) is 44.1. The molecule has 0 spiro atoms. The van der Waals surface area contributed by atoms with Gasteiger partial charge in [-0.15, -0.1) is 0 Å². The number of nitrogens with one attached hydrogen (secondary N) is 4. The zero-order valence-electron chi connectivity index (χ0n) is 32.4. The molecule has 2 rings (SSSR count). The van der Waals surface area contributed by atoms with Gasteiger partial charge in [-0.3, -0.25) is 33.7 Å². The summed E-state index contributed by atoms with van der Waals surface area (Å²) in [6.45, 7) is 14.5. The van der Waals surface area contributed by atoms with Gasteiger partial charge in [0.15, 0.2) is 0 Å². The number of carbonyl (C=O) groups excluding carboxylic acids is 6. The van der Waals surface area contributed by atoms with Gasteiger partial charge >= 0.3 is 5.97 Å². The van der Waals surface area contributed by atoms with Crippen molar-refractivity contribution in [3.8, 4) is 5.75 Å². The van der Waals surface area contributed by atoms with Crippen molar-refractivity contribution in [1.29, 1.82) is 0 Å². The summed E-state index contributed by atoms with van der Waals surface area (Å²) in [5, 5.41) is 30.5. The predicted molar refractivity (Wildman–Crippen MR) is 198 cm³/mol. The largest absolute Gasteiger partial charge is 0.508 e. The van der Waals surface area contributed by atoms with E-state index in [0.29, 0.717) is 0 Å². The van der Waals surface area contributed by atoms with Crippen LogP contribution in [-0.2, 0) is 39.0 Å². The van der Waals surface area contributed by atoms with Crippen molar-refractivity contribution in [3.63, 3.8) is 0 Å². The van der Waals surface area contributed by atoms with E-state index in [-0.39, 0.29) is 43.2 Å². The summed E-state index contributed by atoms with van der Waals surface area (Å²) in [6.07, 6.45) is 3.37. The molecule has 1 unspecified atom stereocenters. The Morgan fingerprint density at radius 3 is 1.98 bits per heavy atom. The normalized spacial score (nSPS) is 15.8. The SMILES string of the molecule is CNC(C(=O)N[C@H](C(=O)N(C)[C@H](/C=C(\C)C(=O)N[C@H](CCC(=O)NCCN1C(=O)C=CC1=O)C(=O)O)C(C)C)C(C)(C)C)C(C)(C)c1ccc(O)cc1. The number of carboxylic acids is 1. The van der Waals surface area contributed by atoms with Crippen molar-refractivity contribution in [1.82, 2.24) is 31.1 Å². The van der Waals surface area contributed by atoms with Crippen LogP contribution in [0.25, 0.3) is 0 Å². The second kappa shape index (κ2) is 18.6. The summed E-state index contributed by atoms with van der Waals surface area (Å²) in [5.41, 5.74) is -0.504. The summed E-state index contributed by atoms with van der Waals surface area (Å²) >= 11 is 0. The molecule has 0 bridgehead atoms. The third-order valence-electron chi connectivity index (χ3n) is 9.36. The molecule has 1 aromatic rings. The number of nitrogens with zero attached hydrogens (tertiary/aromatic N) is 2. The Morgan fingerprint density at radius 2 is 1.49 bits per heavy atom. The summed E-state index contributed by atoms with van der Waals surface area (Å²) in [5.74, 6) is -4.41. The van der Waals surface area contributed by atoms with E-state index in [1.165, 1.54) is 11.8 Å². The number of hydrogen-bond donors (Lipinski definition) is 6. The van der Waals surface area contributed by atoms with Gasteiger partial charge in [-0.2, -0.15) is 0 Å². The smallest absolute Gasteiger partial charge is 0.326 e. The van der Waals surface area contributed by atoms with Crippen LogP contribution < -0.4 is 21.3 Å². The first-order chi connectivity index (χ1) is 24.5. The van der Waals surface area contributed by atoms with Gasteiger partial charge in [-0.05, 0) is 49.4 Å². The molecule has 6 N–H and O–H groups in total. The van der Waals surface area contributed by atoms with Crippen LogP contribution in [-0.4, -0.2) is 113 Å². The van der Waals surface area contributed by atoms with Crippen LogP contribution in [0.15, 0.2) is 48.1 Å². The number of imide groups is 1. The van der Waals surface area contributed by atoms with E-state index >= 15 is 0 Å². The van der Waals surface area contributed by atoms with Gasteiger partial charge in [0.25, 0.3) is 11.8 Å². The minimum Gasteiger partial charge on any atom is -0.508 e. The number of rotatable bonds is 18. The fraction of sp³-hybridized carbons (Fsp3) is 0.553. The summed E-state index contributed by atoms with van der Waals surface area (Å²) in [7, 11) is 3.24. The molecule has 6 amide bonds. The fourth-order valence-electron chi connectivity index (χ4n) is 6.04. The van der Waals surface area contributed by atoms with Crippen molar-refractivity contribution in [2.45, 2.75) is 97.8 Å². The number of carboxylic acid groups (broad SMARTS) is 1. The first-order valence-electron chi connectivity index (χ1n) is 17.6. The van der Waals surface area contributed by atoms with E-state index in [9.17, 15) is 43.8 Å². The Hall–Kier alpha value is -5.05. The molecule has 4 atom stereocenters. The second-order valence-electron chi connectivity index (χ2n) is 15.2. The van der Waals surface area contributed by atoms with Crippen molar-refractivity contribution < 1.29 is 43.8 Å². The number of aliphatic carboxylic acids is 1. The molecule has 1 aliphatic heterocycles. The Bertz CT molecular complexity index is 1580. The molecule has 1 aliphatic rings. The Balaban J connectivity index is 2.15. The van der Waals surface area contributed by atoms with Gasteiger partial charge < -0.3 is 36.4 Å². The molecule has 1 aromatic carbocycles. The van der Waals surface area contributed by atoms with Crippen LogP contribution in [0.3, 0.4) is 0 Å². The fourth-order valence-corrected chi connectivity index (χ4v) is 6.04. The van der Waals surface area contributed by atoms with Crippen LogP contribution in [0.1, 0.15) is 73.8 Å². The second-order valence-corrected chi connectivity index (χ2v) is 15.2. The van der Waals surface area contributed by atoms with Crippen molar-refractivity contribution in [3.05, 3.63) is 53.6 Å². The average Bonchev–Trinajstić information content (AvgIpc) is 3.39. The van der Waals surface area contributed by atoms with Gasteiger partial charge in [0.05, 0.1) is 12.1 Å². The van der Waals surface area contributed by atoms with Crippen LogP contribution in [0.5, 0.6) is 5.75 Å². The first-order valence-corrected chi connectivity index (χ1v) is 17.6. The van der Waals surface area contributed by atoms with E-state index in [1.807, 2.05) is 48.5 Å². The van der Waals surface area contributed by atoms with Gasteiger partial charge in [0.1, 0.15) is 17.8 Å². The van der Waals surface area contributed by atoms with Crippen molar-refractivity contribution in [2.24, 2.45) is 11.3 Å². The number of amides is 6. The highest BCUT2D eigenvalue weighted by Gasteiger charge is 2.41. The van der Waals surface area contributed by atoms with Crippen LogP contribution >= 0.6 is 0 Å². The molecule has 0 aromatic heterocycles. The minimum atomic E-state index is -1.40. The molecule has 0 saturated heterocycles. The molecule has 0 saturated carbocycles. The van der Waals surface area contributed by atoms with Crippen LogP contribution in [0.4, 0.5) is 0 Å². The quantitative estimate of drug-likeness (QED) is 0.0945. The molecule has 1 heterocycles. The van der Waals surface area contributed by atoms with E-state index in [4.69, 9.17) is 0 Å². The third kappa shape index (κ3) is 12.0. The van der Waals surface area contributed by atoms with Gasteiger partial charge in [0.2, 0.25) is 23.6 Å². The van der Waals surface area contributed by atoms with E-state index < -0.39 is 76.4 Å². The third-order valence-corrected chi connectivity index (χ3v) is 9.36. The number of likely N-dealkylation sites (N-methyl/N-ethyl adjacent to an activating group) is 2.